The Morgan fingerprint density at radius 2 is 1.75 bits per heavy atom. The second-order valence-electron chi connectivity index (χ2n) is 9.52. The third kappa shape index (κ3) is 5.30. The number of rotatable bonds is 6. The number of aromatic nitrogens is 2. The molecule has 4 nitrogen and oxygen atoms in total. The maximum absolute atomic E-state index is 13.6. The summed E-state index contributed by atoms with van der Waals surface area (Å²) in [6.07, 6.45) is 4.51. The number of pyridine rings is 1. The highest BCUT2D eigenvalue weighted by Crippen LogP contribution is 2.34. The van der Waals surface area contributed by atoms with Gasteiger partial charge in [-0.25, -0.2) is 0 Å². The maximum Gasteiger partial charge on any atom is 0.416 e. The Labute approximate surface area is 208 Å². The highest BCUT2D eigenvalue weighted by atomic mass is 19.4. The lowest BCUT2D eigenvalue weighted by Gasteiger charge is -2.22. The van der Waals surface area contributed by atoms with E-state index in [1.807, 2.05) is 42.5 Å². The first-order chi connectivity index (χ1) is 17.4. The SMILES string of the molecule is O=C(NCC1CCCCC1)c1cc(C(F)(F)F)cc2ccn(Cc3ccc(-c4ccccc4)cn3)c12. The molecule has 2 aromatic carbocycles. The third-order valence-electron chi connectivity index (χ3n) is 6.97. The molecule has 0 bridgehead atoms. The maximum atomic E-state index is 13.6. The molecule has 1 fully saturated rings. The van der Waals surface area contributed by atoms with Crippen LogP contribution in [-0.4, -0.2) is 22.0 Å². The number of halogens is 3. The van der Waals surface area contributed by atoms with Gasteiger partial charge in [0, 0.05) is 29.9 Å². The molecule has 2 heterocycles. The van der Waals surface area contributed by atoms with Crippen LogP contribution in [0, 0.1) is 5.92 Å². The molecule has 0 radical (unpaired) electrons. The molecule has 1 aliphatic carbocycles. The number of hydrogen-bond acceptors (Lipinski definition) is 2. The zero-order chi connectivity index (χ0) is 25.1. The van der Waals surface area contributed by atoms with Gasteiger partial charge in [-0.15, -0.1) is 0 Å². The fourth-order valence-corrected chi connectivity index (χ4v) is 5.04. The molecule has 1 amide bonds. The summed E-state index contributed by atoms with van der Waals surface area (Å²) in [4.78, 5) is 17.7. The van der Waals surface area contributed by atoms with E-state index in [-0.39, 0.29) is 5.56 Å². The average Bonchev–Trinajstić information content (AvgIpc) is 3.30. The van der Waals surface area contributed by atoms with E-state index < -0.39 is 17.6 Å². The van der Waals surface area contributed by atoms with Crippen LogP contribution in [0.15, 0.2) is 73.1 Å². The summed E-state index contributed by atoms with van der Waals surface area (Å²) in [5, 5.41) is 3.29. The van der Waals surface area contributed by atoms with Gasteiger partial charge in [0.05, 0.1) is 28.9 Å². The Kier molecular flexibility index (Phi) is 6.81. The lowest BCUT2D eigenvalue weighted by molar-refractivity contribution is -0.137. The van der Waals surface area contributed by atoms with Crippen molar-refractivity contribution < 1.29 is 18.0 Å². The van der Waals surface area contributed by atoms with Crippen LogP contribution >= 0.6 is 0 Å². The number of carbonyl (C=O) groups is 1. The van der Waals surface area contributed by atoms with Crippen LogP contribution in [0.4, 0.5) is 13.2 Å². The first-order valence-corrected chi connectivity index (χ1v) is 12.4. The first kappa shape index (κ1) is 24.1. The Balaban J connectivity index is 1.44. The Morgan fingerprint density at radius 1 is 0.972 bits per heavy atom. The van der Waals surface area contributed by atoms with Gasteiger partial charge in [-0.05, 0) is 48.6 Å². The number of nitrogens with zero attached hydrogens (tertiary/aromatic N) is 2. The van der Waals surface area contributed by atoms with E-state index in [2.05, 4.69) is 10.3 Å². The predicted molar refractivity (Wildman–Crippen MR) is 135 cm³/mol. The van der Waals surface area contributed by atoms with Crippen LogP contribution in [0.25, 0.3) is 22.0 Å². The summed E-state index contributed by atoms with van der Waals surface area (Å²) < 4.78 is 42.7. The van der Waals surface area contributed by atoms with Crippen LogP contribution in [0.1, 0.15) is 53.7 Å². The van der Waals surface area contributed by atoms with E-state index in [0.717, 1.165) is 54.6 Å². The minimum absolute atomic E-state index is 0.0431. The number of alkyl halides is 3. The van der Waals surface area contributed by atoms with Crippen molar-refractivity contribution in [1.82, 2.24) is 14.9 Å². The second-order valence-corrected chi connectivity index (χ2v) is 9.52. The van der Waals surface area contributed by atoms with Crippen molar-refractivity contribution in [3.05, 3.63) is 89.9 Å². The van der Waals surface area contributed by atoms with Gasteiger partial charge in [-0.2, -0.15) is 13.2 Å². The molecular formula is C29H28F3N3O. The summed E-state index contributed by atoms with van der Waals surface area (Å²) in [6.45, 7) is 0.826. The standard InChI is InChI=1S/C29H28F3N3O/c30-29(31,32)24-15-22-13-14-35(19-25-12-11-23(18-33-25)21-9-5-2-6-10-21)27(22)26(16-24)28(36)34-17-20-7-3-1-4-8-20/h2,5-6,9-16,18,20H,1,3-4,7-8,17,19H2,(H,34,36). The zero-order valence-electron chi connectivity index (χ0n) is 19.9. The van der Waals surface area contributed by atoms with Crippen LogP contribution < -0.4 is 5.32 Å². The number of benzene rings is 2. The minimum Gasteiger partial charge on any atom is -0.352 e. The fraction of sp³-hybridized carbons (Fsp3) is 0.310. The Morgan fingerprint density at radius 3 is 2.44 bits per heavy atom. The zero-order valence-corrected chi connectivity index (χ0v) is 19.9. The third-order valence-corrected chi connectivity index (χ3v) is 6.97. The molecule has 0 spiro atoms. The van der Waals surface area contributed by atoms with E-state index in [1.54, 1.807) is 23.0 Å². The van der Waals surface area contributed by atoms with Gasteiger partial charge in [0.1, 0.15) is 0 Å². The van der Waals surface area contributed by atoms with Crippen LogP contribution in [0.2, 0.25) is 0 Å². The topological polar surface area (TPSA) is 46.9 Å². The number of nitrogens with one attached hydrogen (secondary N) is 1. The average molecular weight is 492 g/mol. The van der Waals surface area contributed by atoms with Crippen LogP contribution in [-0.2, 0) is 12.7 Å². The Bertz CT molecular complexity index is 1340. The van der Waals surface area contributed by atoms with E-state index in [1.165, 1.54) is 6.42 Å². The van der Waals surface area contributed by atoms with Crippen molar-refractivity contribution in [1.29, 1.82) is 0 Å². The summed E-state index contributed by atoms with van der Waals surface area (Å²) in [5.74, 6) is -0.0906. The molecule has 7 heteroatoms. The number of hydrogen-bond donors (Lipinski definition) is 1. The molecule has 4 aromatic rings. The van der Waals surface area contributed by atoms with Crippen molar-refractivity contribution in [3.63, 3.8) is 0 Å². The normalized spacial score (nSPS) is 14.8. The Hall–Kier alpha value is -3.61. The van der Waals surface area contributed by atoms with Gasteiger partial charge in [0.15, 0.2) is 0 Å². The van der Waals surface area contributed by atoms with Crippen molar-refractivity contribution in [2.75, 3.05) is 6.54 Å². The van der Waals surface area contributed by atoms with Crippen molar-refractivity contribution in [3.8, 4) is 11.1 Å². The molecular weight excluding hydrogens is 463 g/mol. The fourth-order valence-electron chi connectivity index (χ4n) is 5.04. The second kappa shape index (κ2) is 10.2. The molecule has 1 aliphatic rings. The number of carbonyl (C=O) groups excluding carboxylic acids is 1. The molecule has 0 aliphatic heterocycles. The minimum atomic E-state index is -4.54. The van der Waals surface area contributed by atoms with Gasteiger partial charge in [0.25, 0.3) is 5.91 Å². The summed E-state index contributed by atoms with van der Waals surface area (Å²) in [7, 11) is 0. The lowest BCUT2D eigenvalue weighted by Crippen LogP contribution is -2.31. The van der Waals surface area contributed by atoms with Crippen LogP contribution in [0.5, 0.6) is 0 Å². The molecule has 1 N–H and O–H groups in total. The molecule has 186 valence electrons. The molecule has 36 heavy (non-hydrogen) atoms. The highest BCUT2D eigenvalue weighted by Gasteiger charge is 2.33. The summed E-state index contributed by atoms with van der Waals surface area (Å²) in [6, 6.07) is 17.5. The molecule has 5 rings (SSSR count). The molecule has 0 saturated heterocycles. The van der Waals surface area contributed by atoms with E-state index in [0.29, 0.717) is 29.9 Å². The van der Waals surface area contributed by atoms with Gasteiger partial charge >= 0.3 is 6.18 Å². The van der Waals surface area contributed by atoms with Crippen molar-refractivity contribution >= 4 is 16.8 Å². The highest BCUT2D eigenvalue weighted by molar-refractivity contribution is 6.06. The molecule has 0 atom stereocenters. The van der Waals surface area contributed by atoms with Crippen LogP contribution in [0.3, 0.4) is 0 Å². The van der Waals surface area contributed by atoms with Gasteiger partial charge < -0.3 is 9.88 Å². The van der Waals surface area contributed by atoms with Crippen molar-refractivity contribution in [2.24, 2.45) is 5.92 Å². The molecule has 1 saturated carbocycles. The number of fused-ring (bicyclic) bond motifs is 1. The van der Waals surface area contributed by atoms with E-state index in [4.69, 9.17) is 0 Å². The predicted octanol–water partition coefficient (Wildman–Crippen LogP) is 7.08. The summed E-state index contributed by atoms with van der Waals surface area (Å²) >= 11 is 0. The summed E-state index contributed by atoms with van der Waals surface area (Å²) in [5.41, 5.74) is 2.50. The largest absolute Gasteiger partial charge is 0.416 e. The number of amides is 1. The van der Waals surface area contributed by atoms with Crippen molar-refractivity contribution in [2.45, 2.75) is 44.8 Å². The smallest absolute Gasteiger partial charge is 0.352 e. The molecule has 2 aromatic heterocycles. The van der Waals surface area contributed by atoms with E-state index >= 15 is 0 Å². The van der Waals surface area contributed by atoms with E-state index in [9.17, 15) is 18.0 Å². The molecule has 0 unspecified atom stereocenters. The quantitative estimate of drug-likeness (QED) is 0.313. The lowest BCUT2D eigenvalue weighted by atomic mass is 9.89. The van der Waals surface area contributed by atoms with Gasteiger partial charge in [-0.1, -0.05) is 55.7 Å². The first-order valence-electron chi connectivity index (χ1n) is 12.4. The van der Waals surface area contributed by atoms with Gasteiger partial charge in [-0.3, -0.25) is 9.78 Å². The van der Waals surface area contributed by atoms with Gasteiger partial charge in [0.2, 0.25) is 0 Å². The monoisotopic (exact) mass is 491 g/mol.